The fourth-order valence-electron chi connectivity index (χ4n) is 13.9. The van der Waals surface area contributed by atoms with Crippen LogP contribution in [0.25, 0.3) is 0 Å². The van der Waals surface area contributed by atoms with Gasteiger partial charge in [0.25, 0.3) is 0 Å². The highest BCUT2D eigenvalue weighted by atomic mass is 16.6. The number of nitrogens with zero attached hydrogens (tertiary/aromatic N) is 1. The van der Waals surface area contributed by atoms with E-state index in [1.54, 1.807) is 138 Å². The van der Waals surface area contributed by atoms with E-state index in [4.69, 9.17) is 48.7 Å². The van der Waals surface area contributed by atoms with E-state index in [1.807, 2.05) is 54.6 Å². The summed E-state index contributed by atoms with van der Waals surface area (Å²) < 4.78 is 44.8. The van der Waals surface area contributed by atoms with Crippen LogP contribution in [0.4, 0.5) is 33.6 Å². The minimum atomic E-state index is -1.02. The summed E-state index contributed by atoms with van der Waals surface area (Å²) >= 11 is 0. The molecule has 0 spiro atoms. The Kier molecular flexibility index (Phi) is 57.8. The number of Topliss-reactive ketones (excluding diaryl/α,β-unsaturated/α-hetero) is 2. The molecule has 0 radical (unpaired) electrons. The molecule has 0 heterocycles. The first-order valence-electron chi connectivity index (χ1n) is 48.8. The predicted octanol–water partition coefficient (Wildman–Crippen LogP) is 16.6. The van der Waals surface area contributed by atoms with Gasteiger partial charge in [-0.15, -0.1) is 0 Å². The molecule has 766 valence electrons. The Hall–Kier alpha value is -10.4. The van der Waals surface area contributed by atoms with Crippen molar-refractivity contribution in [2.24, 2.45) is 0 Å². The second-order valence-electron chi connectivity index (χ2n) is 40.7. The number of aryl methyl sites for hydroxylation is 1. The number of carbonyl (C=O) groups is 13. The van der Waals surface area contributed by atoms with Gasteiger partial charge in [0.15, 0.2) is 11.6 Å². The number of hydrogen-bond donors (Lipinski definition) is 13. The second-order valence-corrected chi connectivity index (χ2v) is 40.7. The largest absolute Gasteiger partial charge is 0.492 e. The average Bonchev–Trinajstić information content (AvgIpc) is 0.913. The van der Waals surface area contributed by atoms with Crippen molar-refractivity contribution in [1.82, 2.24) is 63.4 Å². The lowest BCUT2D eigenvalue weighted by Gasteiger charge is -2.25. The van der Waals surface area contributed by atoms with Crippen LogP contribution in [-0.4, -0.2) is 223 Å². The van der Waals surface area contributed by atoms with Crippen LogP contribution >= 0.6 is 0 Å². The van der Waals surface area contributed by atoms with E-state index < -0.39 is 124 Å². The van der Waals surface area contributed by atoms with Crippen LogP contribution in [0.5, 0.6) is 5.75 Å². The maximum Gasteiger partial charge on any atom is 0.408 e. The normalized spacial score (nSPS) is 13.1. The summed E-state index contributed by atoms with van der Waals surface area (Å²) in [5, 5.41) is 46.5. The first-order valence-corrected chi connectivity index (χ1v) is 48.8. The molecule has 2 aromatic carbocycles. The summed E-state index contributed by atoms with van der Waals surface area (Å²) in [6.07, 6.45) is 10.1. The molecule has 0 aliphatic carbocycles. The number of carbonyl (C=O) groups excluding carboxylic acids is 13. The van der Waals surface area contributed by atoms with E-state index in [2.05, 4.69) is 63.4 Å². The maximum absolute atomic E-state index is 14.2. The molecule has 0 aliphatic rings. The summed E-state index contributed by atoms with van der Waals surface area (Å²) in [5.41, 5.74) is -1.87. The number of unbranched alkanes of at least 4 members (excludes halogenated alkanes) is 11. The lowest BCUT2D eigenvalue weighted by molar-refractivity contribution is -0.124. The molecule has 0 fully saturated rings. The van der Waals surface area contributed by atoms with Gasteiger partial charge in [0.1, 0.15) is 76.7 Å². The quantitative estimate of drug-likeness (QED) is 0.0166. The molecule has 0 unspecified atom stereocenters. The summed E-state index contributed by atoms with van der Waals surface area (Å²) in [5.74, 6) is -1.48. The number of benzene rings is 2. The lowest BCUT2D eigenvalue weighted by Crippen LogP contribution is -2.48. The third-order valence-electron chi connectivity index (χ3n) is 20.4. The number of hydrogen-bond acceptors (Lipinski definition) is 24. The van der Waals surface area contributed by atoms with Crippen molar-refractivity contribution in [3.8, 4) is 5.75 Å². The smallest absolute Gasteiger partial charge is 0.408 e. The molecule has 0 aromatic heterocycles. The lowest BCUT2D eigenvalue weighted by atomic mass is 9.99. The van der Waals surface area contributed by atoms with Gasteiger partial charge in [-0.1, -0.05) is 93.8 Å². The van der Waals surface area contributed by atoms with Gasteiger partial charge in [0.05, 0.1) is 12.1 Å². The molecule has 135 heavy (non-hydrogen) atoms. The van der Waals surface area contributed by atoms with E-state index in [0.29, 0.717) is 159 Å². The Balaban J connectivity index is 2.28. The van der Waals surface area contributed by atoms with Crippen molar-refractivity contribution >= 4 is 89.3 Å². The number of ketones is 2. The molecule has 0 bridgehead atoms. The molecule has 0 saturated carbocycles. The topological polar surface area (TPSA) is 479 Å². The van der Waals surface area contributed by atoms with E-state index in [1.165, 1.54) is 0 Å². The van der Waals surface area contributed by atoms with Gasteiger partial charge in [-0.2, -0.15) is 0 Å². The van der Waals surface area contributed by atoms with Gasteiger partial charge < -0.3 is 107 Å². The Morgan fingerprint density at radius 1 is 0.296 bits per heavy atom. The molecular weight excluding hydrogens is 1730 g/mol. The molecule has 11 amide bonds. The van der Waals surface area contributed by atoms with Crippen LogP contribution < -0.4 is 63.2 Å². The molecule has 2 aromatic rings. The van der Waals surface area contributed by atoms with Crippen molar-refractivity contribution in [3.63, 3.8) is 0 Å². The maximum atomic E-state index is 14.2. The van der Waals surface area contributed by atoms with Crippen molar-refractivity contribution in [1.29, 1.82) is 10.8 Å². The summed E-state index contributed by atoms with van der Waals surface area (Å²) in [6, 6.07) is 11.7. The molecule has 13 N–H and O–H groups in total. The van der Waals surface area contributed by atoms with E-state index in [0.717, 1.165) is 56.1 Å². The highest BCUT2D eigenvalue weighted by Gasteiger charge is 2.32. The zero-order valence-electron chi connectivity index (χ0n) is 85.2. The van der Waals surface area contributed by atoms with Crippen LogP contribution in [0.2, 0.25) is 0 Å². The third kappa shape index (κ3) is 65.9. The van der Waals surface area contributed by atoms with Crippen molar-refractivity contribution < 1.29 is 100 Å². The Labute approximate surface area is 804 Å². The molecular formula is C100H170N14O21. The molecule has 6 atom stereocenters. The van der Waals surface area contributed by atoms with Gasteiger partial charge in [0, 0.05) is 63.5 Å². The first kappa shape index (κ1) is 121. The summed E-state index contributed by atoms with van der Waals surface area (Å²) in [4.78, 5) is 176. The molecule has 2 rings (SSSR count). The van der Waals surface area contributed by atoms with Gasteiger partial charge in [-0.3, -0.25) is 33.7 Å². The number of rotatable bonds is 65. The van der Waals surface area contributed by atoms with E-state index in [9.17, 15) is 62.3 Å². The number of ether oxygens (including phenoxy) is 8. The Bertz CT molecular complexity index is 3710. The van der Waals surface area contributed by atoms with E-state index in [-0.39, 0.29) is 101 Å². The molecule has 35 nitrogen and oxygen atoms in total. The van der Waals surface area contributed by atoms with Crippen LogP contribution in [0.3, 0.4) is 0 Å². The average molecular weight is 1900 g/mol. The molecule has 0 aliphatic heterocycles. The fourth-order valence-corrected chi connectivity index (χ4v) is 13.9. The SMILES string of the molecule is CC(=N)CCCCC[C@H](NC(=O)OC(C)(C)C)C(=O)NCCCC[C@H](NC(=O)OC(C)(C)C)C(=O)CCCCC[C@H](NC(=O)OC(C)(C)C)C(=O)NCCCN(CCCNC(=O)[C@H](CCCCCC(=O)[C@H](CCCCNC(=O)[C@H](CCCCCC(C)=N)NC(=O)OC(C)(C)C)NC(=O)OC(C)(C)C)NC(=O)OC(C)(C)C)CCOc1ccc(CCCCNC(=O)OCc2ccccc2)cc1. The zero-order valence-corrected chi connectivity index (χ0v) is 85.2. The Morgan fingerprint density at radius 3 is 0.896 bits per heavy atom. The van der Waals surface area contributed by atoms with Gasteiger partial charge in [-0.25, -0.2) is 33.6 Å². The number of nitrogens with one attached hydrogen (secondary N) is 13. The second kappa shape index (κ2) is 64.6. The van der Waals surface area contributed by atoms with Crippen LogP contribution in [0.15, 0.2) is 54.6 Å². The monoisotopic (exact) mass is 1900 g/mol. The summed E-state index contributed by atoms with van der Waals surface area (Å²) in [6.45, 7) is 37.6. The van der Waals surface area contributed by atoms with Crippen molar-refractivity contribution in [3.05, 3.63) is 65.7 Å². The first-order chi connectivity index (χ1) is 63.2. The van der Waals surface area contributed by atoms with Crippen LogP contribution in [0, 0.1) is 10.8 Å². The van der Waals surface area contributed by atoms with E-state index >= 15 is 0 Å². The zero-order chi connectivity index (χ0) is 101. The van der Waals surface area contributed by atoms with Crippen LogP contribution in [0.1, 0.15) is 342 Å². The highest BCUT2D eigenvalue weighted by Crippen LogP contribution is 2.22. The number of amides is 11. The minimum absolute atomic E-state index is 0.0810. The molecule has 35 heteroatoms. The molecule has 0 saturated heterocycles. The van der Waals surface area contributed by atoms with Gasteiger partial charge in [0.2, 0.25) is 23.6 Å². The van der Waals surface area contributed by atoms with Crippen molar-refractivity contribution in [2.45, 2.75) is 414 Å². The highest BCUT2D eigenvalue weighted by molar-refractivity contribution is 5.90. The predicted molar refractivity (Wildman–Crippen MR) is 523 cm³/mol. The van der Waals surface area contributed by atoms with Crippen molar-refractivity contribution in [2.75, 3.05) is 59.0 Å². The minimum Gasteiger partial charge on any atom is -0.492 e. The van der Waals surface area contributed by atoms with Gasteiger partial charge in [-0.05, 0) is 310 Å². The third-order valence-corrected chi connectivity index (χ3v) is 20.4. The Morgan fingerprint density at radius 2 is 0.578 bits per heavy atom. The van der Waals surface area contributed by atoms with Gasteiger partial charge >= 0.3 is 42.7 Å². The number of alkyl carbamates (subject to hydrolysis) is 7. The van der Waals surface area contributed by atoms with Crippen LogP contribution in [-0.2, 0) is 75.0 Å². The summed E-state index contributed by atoms with van der Waals surface area (Å²) in [7, 11) is 0. The standard InChI is InChI=1S/C100H170N14O21/c1-71(101)44-26-21-30-51-78(110-91(124)132-97(9,10)11)84(117)103-61-40-37-49-76(108-89(122)130-95(3,4)5)82(115)55-34-24-32-53-80(112-93(126)134-99(15,16)17)86(119)105-64-42-66-114(68-69-128-75-59-57-73(58-60-75)46-36-39-63-107-88(121)129-70-74-47-28-23-29-48-74)67-43-65-106-87(120)81(113-94(127)135-100(18,19)20)54-33-25-35-56-83(116)77(109-90(123)131-96(6,7)8)50-38-41-62-104-85(118)79(52-31-22-27-45-72(2)102)111-92(125)133-98(12,13)14/h23,28-29,47-48,57-60,76-81,101-102H,21-22,24-27,30-46,49-56,61-70H2,1-20H3,(H,103,117)(H,104,118)(H,105,119)(H,106,120)(H,107,121)(H,108,122)(H,109,123)(H,110,124)(H,111,125)(H,112,126)(H,113,127)/t76-,77-,78-,79-,80-,81-/m0/s1. The fraction of sp³-hybridized carbons (Fsp3) is 0.730.